The molecule has 0 aliphatic carbocycles. The van der Waals surface area contributed by atoms with Gasteiger partial charge in [0.25, 0.3) is 0 Å². The van der Waals surface area contributed by atoms with Crippen molar-refractivity contribution in [3.63, 3.8) is 0 Å². The molecule has 1 aromatic rings. The Morgan fingerprint density at radius 1 is 1.57 bits per heavy atom. The summed E-state index contributed by atoms with van der Waals surface area (Å²) in [4.78, 5) is 14.7. The number of nitriles is 1. The van der Waals surface area contributed by atoms with Gasteiger partial charge in [0, 0.05) is 18.5 Å². The van der Waals surface area contributed by atoms with E-state index in [0.717, 1.165) is 10.4 Å². The average molecular weight is 311 g/mol. The van der Waals surface area contributed by atoms with Crippen molar-refractivity contribution in [3.05, 3.63) is 16.0 Å². The molecule has 21 heavy (non-hydrogen) atoms. The second-order valence-corrected chi connectivity index (χ2v) is 6.18. The highest BCUT2D eigenvalue weighted by atomic mass is 32.1. The van der Waals surface area contributed by atoms with E-state index < -0.39 is 6.10 Å². The third-order valence-electron chi connectivity index (χ3n) is 3.05. The predicted molar refractivity (Wildman–Crippen MR) is 82.5 cm³/mol. The van der Waals surface area contributed by atoms with Crippen molar-refractivity contribution in [1.82, 2.24) is 4.90 Å². The predicted octanol–water partition coefficient (Wildman–Crippen LogP) is 1.11. The first-order valence-electron chi connectivity index (χ1n) is 6.54. The lowest BCUT2D eigenvalue weighted by atomic mass is 10.2. The first kappa shape index (κ1) is 17.6. The summed E-state index contributed by atoms with van der Waals surface area (Å²) in [7, 11) is 3.26. The van der Waals surface area contributed by atoms with E-state index in [9.17, 15) is 9.90 Å². The Balaban J connectivity index is 2.58. The molecule has 1 aromatic heterocycles. The van der Waals surface area contributed by atoms with Gasteiger partial charge in [-0.3, -0.25) is 9.69 Å². The maximum Gasteiger partial charge on any atom is 0.239 e. The zero-order valence-electron chi connectivity index (χ0n) is 12.8. The molecule has 0 spiro atoms. The van der Waals surface area contributed by atoms with Gasteiger partial charge < -0.3 is 15.2 Å². The number of hydrogen-bond donors (Lipinski definition) is 2. The smallest absolute Gasteiger partial charge is 0.239 e. The molecule has 0 aromatic carbocycles. The zero-order valence-corrected chi connectivity index (χ0v) is 13.6. The number of nitrogens with zero attached hydrogens (tertiary/aromatic N) is 2. The second-order valence-electron chi connectivity index (χ2n) is 4.95. The summed E-state index contributed by atoms with van der Waals surface area (Å²) in [6.45, 7) is 4.50. The van der Waals surface area contributed by atoms with Gasteiger partial charge in [0.2, 0.25) is 5.91 Å². The number of ether oxygens (including phenoxy) is 1. The number of amides is 1. The molecular weight excluding hydrogens is 290 g/mol. The Bertz CT molecular complexity index is 536. The minimum absolute atomic E-state index is 0.141. The molecule has 0 aliphatic heterocycles. The standard InChI is InChI=1S/C14H21N3O3S/c1-9-10(2)21-14(12(9)5-15)16-13(19)7-17(3)6-11(18)8-20-4/h11,18H,6-8H2,1-4H3,(H,16,19). The lowest BCUT2D eigenvalue weighted by Gasteiger charge is -2.19. The SMILES string of the molecule is COCC(O)CN(C)CC(=O)Nc1sc(C)c(C)c1C#N. The Morgan fingerprint density at radius 3 is 2.81 bits per heavy atom. The van der Waals surface area contributed by atoms with Crippen LogP contribution in [0.25, 0.3) is 0 Å². The van der Waals surface area contributed by atoms with Crippen molar-refractivity contribution in [2.24, 2.45) is 0 Å². The number of aliphatic hydroxyl groups excluding tert-OH is 1. The number of thiophene rings is 1. The Labute approximate surface area is 128 Å². The molecular formula is C14H21N3O3S. The van der Waals surface area contributed by atoms with Crippen LogP contribution < -0.4 is 5.32 Å². The number of nitrogens with one attached hydrogen (secondary N) is 1. The van der Waals surface area contributed by atoms with Gasteiger partial charge in [0.05, 0.1) is 24.8 Å². The molecule has 2 N–H and O–H groups in total. The largest absolute Gasteiger partial charge is 0.389 e. The van der Waals surface area contributed by atoms with E-state index in [-0.39, 0.29) is 19.1 Å². The molecule has 0 radical (unpaired) electrons. The van der Waals surface area contributed by atoms with Gasteiger partial charge >= 0.3 is 0 Å². The molecule has 0 bridgehead atoms. The maximum atomic E-state index is 12.0. The number of carbonyl (C=O) groups is 1. The lowest BCUT2D eigenvalue weighted by Crippen LogP contribution is -2.37. The number of rotatable bonds is 7. The highest BCUT2D eigenvalue weighted by Gasteiger charge is 2.16. The van der Waals surface area contributed by atoms with Crippen molar-refractivity contribution in [2.75, 3.05) is 39.2 Å². The van der Waals surface area contributed by atoms with Crippen LogP contribution in [-0.4, -0.2) is 55.9 Å². The minimum atomic E-state index is -0.631. The number of likely N-dealkylation sites (N-methyl/N-ethyl adjacent to an activating group) is 1. The van der Waals surface area contributed by atoms with Crippen LogP contribution in [0, 0.1) is 25.2 Å². The van der Waals surface area contributed by atoms with E-state index in [0.29, 0.717) is 17.1 Å². The van der Waals surface area contributed by atoms with Crippen molar-refractivity contribution >= 4 is 22.2 Å². The fourth-order valence-corrected chi connectivity index (χ4v) is 2.96. The Morgan fingerprint density at radius 2 is 2.24 bits per heavy atom. The van der Waals surface area contributed by atoms with Crippen molar-refractivity contribution in [2.45, 2.75) is 20.0 Å². The van der Waals surface area contributed by atoms with E-state index in [1.54, 1.807) is 11.9 Å². The van der Waals surface area contributed by atoms with Gasteiger partial charge in [-0.25, -0.2) is 0 Å². The molecule has 1 heterocycles. The molecule has 0 saturated heterocycles. The maximum absolute atomic E-state index is 12.0. The van der Waals surface area contributed by atoms with Crippen molar-refractivity contribution in [3.8, 4) is 6.07 Å². The summed E-state index contributed by atoms with van der Waals surface area (Å²) in [5.74, 6) is -0.208. The van der Waals surface area contributed by atoms with Crippen LogP contribution >= 0.6 is 11.3 Å². The van der Waals surface area contributed by atoms with Crippen molar-refractivity contribution < 1.29 is 14.6 Å². The van der Waals surface area contributed by atoms with Gasteiger partial charge in [0.15, 0.2) is 0 Å². The van der Waals surface area contributed by atoms with Crippen LogP contribution in [-0.2, 0) is 9.53 Å². The van der Waals surface area contributed by atoms with E-state index in [1.807, 2.05) is 13.8 Å². The molecule has 6 nitrogen and oxygen atoms in total. The summed E-state index contributed by atoms with van der Waals surface area (Å²) in [5.41, 5.74) is 1.43. The Hall–Kier alpha value is -1.46. The summed E-state index contributed by atoms with van der Waals surface area (Å²) < 4.78 is 4.84. The number of hydrogen-bond acceptors (Lipinski definition) is 6. The fraction of sp³-hybridized carbons (Fsp3) is 0.571. The normalized spacial score (nSPS) is 12.2. The third-order valence-corrected chi connectivity index (χ3v) is 4.17. The fourth-order valence-electron chi connectivity index (χ4n) is 1.93. The minimum Gasteiger partial charge on any atom is -0.389 e. The molecule has 7 heteroatoms. The van der Waals surface area contributed by atoms with Gasteiger partial charge in [0.1, 0.15) is 11.1 Å². The number of methoxy groups -OCH3 is 1. The highest BCUT2D eigenvalue weighted by molar-refractivity contribution is 7.16. The van der Waals surface area contributed by atoms with Gasteiger partial charge in [-0.15, -0.1) is 11.3 Å². The van der Waals surface area contributed by atoms with Crippen LogP contribution in [0.2, 0.25) is 0 Å². The summed E-state index contributed by atoms with van der Waals surface area (Å²) in [6, 6.07) is 2.12. The molecule has 1 amide bonds. The molecule has 0 aliphatic rings. The third kappa shape index (κ3) is 5.10. The van der Waals surface area contributed by atoms with E-state index in [1.165, 1.54) is 18.4 Å². The summed E-state index contributed by atoms with van der Waals surface area (Å²) >= 11 is 1.40. The molecule has 0 saturated carbocycles. The zero-order chi connectivity index (χ0) is 16.0. The average Bonchev–Trinajstić information content (AvgIpc) is 2.63. The molecule has 1 atom stereocenters. The van der Waals surface area contributed by atoms with Crippen LogP contribution in [0.3, 0.4) is 0 Å². The molecule has 1 rings (SSSR count). The number of aryl methyl sites for hydroxylation is 1. The Kier molecular flexibility index (Phi) is 6.78. The van der Waals surface area contributed by atoms with Crippen LogP contribution in [0.1, 0.15) is 16.0 Å². The number of carbonyl (C=O) groups excluding carboxylic acids is 1. The lowest BCUT2D eigenvalue weighted by molar-refractivity contribution is -0.117. The van der Waals surface area contributed by atoms with Gasteiger partial charge in [-0.1, -0.05) is 0 Å². The monoisotopic (exact) mass is 311 g/mol. The number of aliphatic hydroxyl groups is 1. The highest BCUT2D eigenvalue weighted by Crippen LogP contribution is 2.31. The molecule has 0 fully saturated rings. The molecule has 1 unspecified atom stereocenters. The summed E-state index contributed by atoms with van der Waals surface area (Å²) in [5, 5.41) is 22.1. The first-order chi connectivity index (χ1) is 9.88. The topological polar surface area (TPSA) is 85.6 Å². The second kappa shape index (κ2) is 8.10. The molecule has 116 valence electrons. The van der Waals surface area contributed by atoms with E-state index >= 15 is 0 Å². The quantitative estimate of drug-likeness (QED) is 0.788. The van der Waals surface area contributed by atoms with Gasteiger partial charge in [-0.2, -0.15) is 5.26 Å². The van der Waals surface area contributed by atoms with Crippen molar-refractivity contribution in [1.29, 1.82) is 5.26 Å². The first-order valence-corrected chi connectivity index (χ1v) is 7.36. The number of anilines is 1. The van der Waals surface area contributed by atoms with Crippen LogP contribution in [0.5, 0.6) is 0 Å². The summed E-state index contributed by atoms with van der Waals surface area (Å²) in [6.07, 6.45) is -0.631. The van der Waals surface area contributed by atoms with E-state index in [4.69, 9.17) is 10.00 Å². The van der Waals surface area contributed by atoms with E-state index in [2.05, 4.69) is 11.4 Å². The van der Waals surface area contributed by atoms with Gasteiger partial charge in [-0.05, 0) is 26.5 Å². The van der Waals surface area contributed by atoms with Crippen LogP contribution in [0.4, 0.5) is 5.00 Å². The van der Waals surface area contributed by atoms with Crippen LogP contribution in [0.15, 0.2) is 0 Å².